The molecule has 1 amide bonds. The number of carbonyl (C=O) groups is 1. The van der Waals surface area contributed by atoms with E-state index in [1.807, 2.05) is 18.2 Å². The van der Waals surface area contributed by atoms with Gasteiger partial charge in [0.25, 0.3) is 0 Å². The summed E-state index contributed by atoms with van der Waals surface area (Å²) in [6.07, 6.45) is 1.91. The average Bonchev–Trinajstić information content (AvgIpc) is 2.30. The van der Waals surface area contributed by atoms with Gasteiger partial charge in [0, 0.05) is 6.92 Å². The molecule has 0 aliphatic carbocycles. The van der Waals surface area contributed by atoms with Crippen LogP contribution in [0.3, 0.4) is 0 Å². The van der Waals surface area contributed by atoms with Gasteiger partial charge in [-0.25, -0.2) is 0 Å². The number of hydrogen-bond donors (Lipinski definition) is 2. The standard InChI is InChI=1S/C13H18N2O/c1-11(16)15-13(7-9-14-10-8-13)12-5-3-2-4-6-12/h2-6,14H,7-10H2,1H3,(H,15,16). The topological polar surface area (TPSA) is 41.1 Å². The van der Waals surface area contributed by atoms with E-state index in [1.54, 1.807) is 6.92 Å². The van der Waals surface area contributed by atoms with E-state index in [1.165, 1.54) is 5.56 Å². The molecule has 0 spiro atoms. The Kier molecular flexibility index (Phi) is 3.25. The van der Waals surface area contributed by atoms with Crippen LogP contribution in [0.5, 0.6) is 0 Å². The molecule has 0 radical (unpaired) electrons. The highest BCUT2D eigenvalue weighted by Gasteiger charge is 2.34. The van der Waals surface area contributed by atoms with Crippen molar-refractivity contribution in [3.8, 4) is 0 Å². The largest absolute Gasteiger partial charge is 0.347 e. The van der Waals surface area contributed by atoms with Gasteiger partial charge < -0.3 is 10.6 Å². The molecule has 16 heavy (non-hydrogen) atoms. The Hall–Kier alpha value is -1.35. The zero-order valence-corrected chi connectivity index (χ0v) is 9.62. The third kappa shape index (κ3) is 2.25. The second-order valence-corrected chi connectivity index (χ2v) is 4.38. The fourth-order valence-corrected chi connectivity index (χ4v) is 2.43. The maximum absolute atomic E-state index is 11.4. The van der Waals surface area contributed by atoms with Crippen LogP contribution >= 0.6 is 0 Å². The Balaban J connectivity index is 2.29. The number of piperidine rings is 1. The molecular weight excluding hydrogens is 200 g/mol. The molecule has 1 fully saturated rings. The lowest BCUT2D eigenvalue weighted by Gasteiger charge is -2.38. The Labute approximate surface area is 96.2 Å². The first-order chi connectivity index (χ1) is 7.73. The van der Waals surface area contributed by atoms with Crippen molar-refractivity contribution in [2.24, 2.45) is 0 Å². The molecule has 1 aliphatic heterocycles. The SMILES string of the molecule is CC(=O)NC1(c2ccccc2)CCNCC1. The van der Waals surface area contributed by atoms with Crippen LogP contribution < -0.4 is 10.6 Å². The predicted octanol–water partition coefficient (Wildman–Crippen LogP) is 1.40. The van der Waals surface area contributed by atoms with Gasteiger partial charge in [0.2, 0.25) is 5.91 Å². The van der Waals surface area contributed by atoms with E-state index in [-0.39, 0.29) is 11.4 Å². The lowest BCUT2D eigenvalue weighted by Crippen LogP contribution is -2.51. The Bertz CT molecular complexity index is 355. The van der Waals surface area contributed by atoms with Gasteiger partial charge in [-0.15, -0.1) is 0 Å². The molecule has 1 aliphatic rings. The van der Waals surface area contributed by atoms with Gasteiger partial charge in [-0.05, 0) is 31.5 Å². The van der Waals surface area contributed by atoms with Crippen molar-refractivity contribution in [3.05, 3.63) is 35.9 Å². The summed E-state index contributed by atoms with van der Waals surface area (Å²) < 4.78 is 0. The van der Waals surface area contributed by atoms with Crippen molar-refractivity contribution in [1.82, 2.24) is 10.6 Å². The van der Waals surface area contributed by atoms with Gasteiger partial charge in [-0.2, -0.15) is 0 Å². The number of rotatable bonds is 2. The van der Waals surface area contributed by atoms with Crippen molar-refractivity contribution in [1.29, 1.82) is 0 Å². The number of benzene rings is 1. The van der Waals surface area contributed by atoms with Crippen LogP contribution in [0.1, 0.15) is 25.3 Å². The fourth-order valence-electron chi connectivity index (χ4n) is 2.43. The van der Waals surface area contributed by atoms with Crippen LogP contribution in [0.15, 0.2) is 30.3 Å². The van der Waals surface area contributed by atoms with Crippen molar-refractivity contribution in [2.75, 3.05) is 13.1 Å². The summed E-state index contributed by atoms with van der Waals surface area (Å²) >= 11 is 0. The lowest BCUT2D eigenvalue weighted by molar-refractivity contribution is -0.121. The number of nitrogens with one attached hydrogen (secondary N) is 2. The summed E-state index contributed by atoms with van der Waals surface area (Å²) in [5.74, 6) is 0.0470. The van der Waals surface area contributed by atoms with E-state index in [9.17, 15) is 4.79 Å². The van der Waals surface area contributed by atoms with E-state index < -0.39 is 0 Å². The summed E-state index contributed by atoms with van der Waals surface area (Å²) in [4.78, 5) is 11.4. The van der Waals surface area contributed by atoms with Crippen LogP contribution in [0.2, 0.25) is 0 Å². The van der Waals surface area contributed by atoms with Crippen LogP contribution in [0.4, 0.5) is 0 Å². The first-order valence-corrected chi connectivity index (χ1v) is 5.78. The quantitative estimate of drug-likeness (QED) is 0.788. The molecule has 1 aromatic carbocycles. The Morgan fingerprint density at radius 3 is 2.44 bits per heavy atom. The molecule has 1 saturated heterocycles. The summed E-state index contributed by atoms with van der Waals surface area (Å²) in [7, 11) is 0. The molecule has 1 heterocycles. The summed E-state index contributed by atoms with van der Waals surface area (Å²) in [5.41, 5.74) is 1.05. The molecule has 3 nitrogen and oxygen atoms in total. The fraction of sp³-hybridized carbons (Fsp3) is 0.462. The summed E-state index contributed by atoms with van der Waals surface area (Å²) in [6, 6.07) is 10.3. The van der Waals surface area contributed by atoms with Gasteiger partial charge in [-0.3, -0.25) is 4.79 Å². The van der Waals surface area contributed by atoms with Gasteiger partial charge >= 0.3 is 0 Å². The monoisotopic (exact) mass is 218 g/mol. The molecule has 2 rings (SSSR count). The smallest absolute Gasteiger partial charge is 0.217 e. The minimum Gasteiger partial charge on any atom is -0.347 e. The number of amides is 1. The van der Waals surface area contributed by atoms with E-state index in [4.69, 9.17) is 0 Å². The Morgan fingerprint density at radius 2 is 1.88 bits per heavy atom. The number of hydrogen-bond acceptors (Lipinski definition) is 2. The Morgan fingerprint density at radius 1 is 1.25 bits per heavy atom. The highest BCUT2D eigenvalue weighted by molar-refractivity contribution is 5.74. The molecule has 0 atom stereocenters. The first-order valence-electron chi connectivity index (χ1n) is 5.78. The van der Waals surface area contributed by atoms with Gasteiger partial charge in [0.05, 0.1) is 5.54 Å². The molecule has 86 valence electrons. The van der Waals surface area contributed by atoms with Crippen LogP contribution in [-0.4, -0.2) is 19.0 Å². The third-order valence-electron chi connectivity index (χ3n) is 3.20. The van der Waals surface area contributed by atoms with Crippen LogP contribution in [-0.2, 0) is 10.3 Å². The molecule has 0 unspecified atom stereocenters. The molecular formula is C13H18N2O. The predicted molar refractivity (Wildman–Crippen MR) is 64.0 cm³/mol. The summed E-state index contributed by atoms with van der Waals surface area (Å²) in [5, 5.41) is 6.46. The van der Waals surface area contributed by atoms with Crippen LogP contribution in [0, 0.1) is 0 Å². The van der Waals surface area contributed by atoms with E-state index in [2.05, 4.69) is 22.8 Å². The molecule has 0 aromatic heterocycles. The normalized spacial score (nSPS) is 19.1. The van der Waals surface area contributed by atoms with Crippen molar-refractivity contribution in [2.45, 2.75) is 25.3 Å². The van der Waals surface area contributed by atoms with E-state index in [0.29, 0.717) is 0 Å². The minimum atomic E-state index is -0.168. The van der Waals surface area contributed by atoms with Gasteiger partial charge in [-0.1, -0.05) is 30.3 Å². The second-order valence-electron chi connectivity index (χ2n) is 4.38. The van der Waals surface area contributed by atoms with Crippen LogP contribution in [0.25, 0.3) is 0 Å². The molecule has 0 saturated carbocycles. The summed E-state index contributed by atoms with van der Waals surface area (Å²) in [6.45, 7) is 3.50. The maximum Gasteiger partial charge on any atom is 0.217 e. The van der Waals surface area contributed by atoms with Crippen molar-refractivity contribution >= 4 is 5.91 Å². The molecule has 2 N–H and O–H groups in total. The van der Waals surface area contributed by atoms with Gasteiger partial charge in [0.1, 0.15) is 0 Å². The first kappa shape index (κ1) is 11.1. The highest BCUT2D eigenvalue weighted by atomic mass is 16.1. The zero-order chi connectivity index (χ0) is 11.4. The van der Waals surface area contributed by atoms with E-state index in [0.717, 1.165) is 25.9 Å². The maximum atomic E-state index is 11.4. The second kappa shape index (κ2) is 4.66. The molecule has 3 heteroatoms. The lowest BCUT2D eigenvalue weighted by atomic mass is 9.81. The van der Waals surface area contributed by atoms with E-state index >= 15 is 0 Å². The minimum absolute atomic E-state index is 0.0470. The van der Waals surface area contributed by atoms with Gasteiger partial charge in [0.15, 0.2) is 0 Å². The highest BCUT2D eigenvalue weighted by Crippen LogP contribution is 2.30. The van der Waals surface area contributed by atoms with Crippen molar-refractivity contribution in [3.63, 3.8) is 0 Å². The average molecular weight is 218 g/mol. The number of carbonyl (C=O) groups excluding carboxylic acids is 1. The van der Waals surface area contributed by atoms with Crippen molar-refractivity contribution < 1.29 is 4.79 Å². The molecule has 1 aromatic rings. The zero-order valence-electron chi connectivity index (χ0n) is 9.62. The molecule has 0 bridgehead atoms. The third-order valence-corrected chi connectivity index (χ3v) is 3.20.